The third kappa shape index (κ3) is 5.44. The van der Waals surface area contributed by atoms with E-state index in [1.165, 1.54) is 0 Å². The lowest BCUT2D eigenvalue weighted by Gasteiger charge is -2.30. The van der Waals surface area contributed by atoms with Crippen LogP contribution in [0.5, 0.6) is 11.5 Å². The number of sulfonamides is 1. The van der Waals surface area contributed by atoms with E-state index in [1.807, 2.05) is 38.1 Å². The van der Waals surface area contributed by atoms with Gasteiger partial charge in [0, 0.05) is 0 Å². The van der Waals surface area contributed by atoms with Crippen LogP contribution in [0.2, 0.25) is 0 Å². The Bertz CT molecular complexity index is 974. The maximum atomic E-state index is 13.0. The lowest BCUT2D eigenvalue weighted by atomic mass is 10.0. The monoisotopic (exact) mass is 434 g/mol. The van der Waals surface area contributed by atoms with Crippen molar-refractivity contribution in [3.05, 3.63) is 53.6 Å². The van der Waals surface area contributed by atoms with E-state index in [-0.39, 0.29) is 11.9 Å². The Balaban J connectivity index is 2.29. The van der Waals surface area contributed by atoms with Crippen molar-refractivity contribution >= 4 is 21.6 Å². The highest BCUT2D eigenvalue weighted by molar-refractivity contribution is 7.92. The summed E-state index contributed by atoms with van der Waals surface area (Å²) in [4.78, 5) is 13.0. The smallest absolute Gasteiger partial charge is 0.244 e. The Morgan fingerprint density at radius 2 is 1.67 bits per heavy atom. The van der Waals surface area contributed by atoms with E-state index in [0.29, 0.717) is 23.6 Å². The van der Waals surface area contributed by atoms with Gasteiger partial charge in [0.15, 0.2) is 11.5 Å². The summed E-state index contributed by atoms with van der Waals surface area (Å²) in [5.74, 6) is 0.772. The van der Waals surface area contributed by atoms with Crippen molar-refractivity contribution in [2.45, 2.75) is 39.3 Å². The summed E-state index contributed by atoms with van der Waals surface area (Å²) < 4.78 is 36.7. The normalized spacial score (nSPS) is 13.3. The molecule has 0 aliphatic rings. The summed E-state index contributed by atoms with van der Waals surface area (Å²) in [6.45, 7) is 5.44. The molecule has 8 heteroatoms. The second-order valence-corrected chi connectivity index (χ2v) is 9.01. The van der Waals surface area contributed by atoms with Crippen LogP contribution in [0.4, 0.5) is 5.69 Å². The van der Waals surface area contributed by atoms with E-state index >= 15 is 0 Å². The molecular weight excluding hydrogens is 404 g/mol. The van der Waals surface area contributed by atoms with Crippen LogP contribution in [-0.4, -0.2) is 40.8 Å². The Labute approximate surface area is 179 Å². The van der Waals surface area contributed by atoms with Gasteiger partial charge in [0.1, 0.15) is 6.04 Å². The molecule has 0 fully saturated rings. The molecule has 0 saturated carbocycles. The molecule has 2 aromatic carbocycles. The van der Waals surface area contributed by atoms with Gasteiger partial charge in [-0.3, -0.25) is 9.10 Å². The average Bonchev–Trinajstić information content (AvgIpc) is 2.71. The van der Waals surface area contributed by atoms with Crippen LogP contribution in [0.25, 0.3) is 0 Å². The van der Waals surface area contributed by atoms with Crippen LogP contribution in [0.3, 0.4) is 0 Å². The lowest BCUT2D eigenvalue weighted by molar-refractivity contribution is -0.122. The van der Waals surface area contributed by atoms with Gasteiger partial charge in [-0.25, -0.2) is 8.42 Å². The van der Waals surface area contributed by atoms with Crippen molar-refractivity contribution in [3.8, 4) is 11.5 Å². The van der Waals surface area contributed by atoms with E-state index in [4.69, 9.17) is 9.47 Å². The number of hydrogen-bond donors (Lipinski definition) is 1. The van der Waals surface area contributed by atoms with Crippen molar-refractivity contribution in [1.82, 2.24) is 5.32 Å². The predicted octanol–water partition coefficient (Wildman–Crippen LogP) is 3.43. The molecule has 0 bridgehead atoms. The van der Waals surface area contributed by atoms with E-state index in [9.17, 15) is 13.2 Å². The molecule has 0 saturated heterocycles. The number of hydrogen-bond acceptors (Lipinski definition) is 5. The minimum Gasteiger partial charge on any atom is -0.493 e. The fraction of sp³-hybridized carbons (Fsp3) is 0.409. The first kappa shape index (κ1) is 23.5. The van der Waals surface area contributed by atoms with Crippen LogP contribution in [0.1, 0.15) is 37.4 Å². The first-order valence-corrected chi connectivity index (χ1v) is 11.6. The van der Waals surface area contributed by atoms with Crippen LogP contribution in [0.15, 0.2) is 42.5 Å². The molecule has 1 N–H and O–H groups in total. The SMILES string of the molecule is CC[C@H](NC(=O)[C@H](C)N(c1ccc(C)cc1)S(C)(=O)=O)c1ccc(OC)c(OC)c1. The topological polar surface area (TPSA) is 84.9 Å². The number of rotatable bonds is 9. The van der Waals surface area contributed by atoms with Crippen molar-refractivity contribution in [1.29, 1.82) is 0 Å². The van der Waals surface area contributed by atoms with E-state index in [0.717, 1.165) is 21.7 Å². The zero-order valence-electron chi connectivity index (χ0n) is 18.3. The van der Waals surface area contributed by atoms with Crippen LogP contribution in [-0.2, 0) is 14.8 Å². The van der Waals surface area contributed by atoms with Gasteiger partial charge in [0.05, 0.1) is 32.2 Å². The largest absolute Gasteiger partial charge is 0.493 e. The van der Waals surface area contributed by atoms with Crippen molar-refractivity contribution < 1.29 is 22.7 Å². The molecule has 2 aromatic rings. The number of carbonyl (C=O) groups is 1. The maximum absolute atomic E-state index is 13.0. The molecule has 2 atom stereocenters. The van der Waals surface area contributed by atoms with E-state index in [2.05, 4.69) is 5.32 Å². The van der Waals surface area contributed by atoms with Crippen molar-refractivity contribution in [3.63, 3.8) is 0 Å². The quantitative estimate of drug-likeness (QED) is 0.654. The average molecular weight is 435 g/mol. The zero-order valence-corrected chi connectivity index (χ0v) is 19.1. The molecule has 7 nitrogen and oxygen atoms in total. The Morgan fingerprint density at radius 3 is 2.17 bits per heavy atom. The molecule has 30 heavy (non-hydrogen) atoms. The van der Waals surface area contributed by atoms with Crippen LogP contribution < -0.4 is 19.1 Å². The van der Waals surface area contributed by atoms with Crippen molar-refractivity contribution in [2.75, 3.05) is 24.8 Å². The molecule has 0 spiro atoms. The van der Waals surface area contributed by atoms with E-state index < -0.39 is 16.1 Å². The molecule has 0 unspecified atom stereocenters. The maximum Gasteiger partial charge on any atom is 0.244 e. The number of carbonyl (C=O) groups excluding carboxylic acids is 1. The molecule has 0 aromatic heterocycles. The van der Waals surface area contributed by atoms with Gasteiger partial charge < -0.3 is 14.8 Å². The van der Waals surface area contributed by atoms with Crippen LogP contribution >= 0.6 is 0 Å². The third-order valence-corrected chi connectivity index (χ3v) is 6.15. The minimum atomic E-state index is -3.67. The Hall–Kier alpha value is -2.74. The highest BCUT2D eigenvalue weighted by Crippen LogP contribution is 2.31. The highest BCUT2D eigenvalue weighted by atomic mass is 32.2. The Morgan fingerprint density at radius 1 is 1.07 bits per heavy atom. The fourth-order valence-corrected chi connectivity index (χ4v) is 4.46. The van der Waals surface area contributed by atoms with Crippen LogP contribution in [0, 0.1) is 6.92 Å². The molecular formula is C22H30N2O5S. The molecule has 0 aliphatic heterocycles. The first-order valence-electron chi connectivity index (χ1n) is 9.70. The number of nitrogens with zero attached hydrogens (tertiary/aromatic N) is 1. The van der Waals surface area contributed by atoms with Gasteiger partial charge >= 0.3 is 0 Å². The number of nitrogens with one attached hydrogen (secondary N) is 1. The number of benzene rings is 2. The molecule has 164 valence electrons. The minimum absolute atomic E-state index is 0.306. The third-order valence-electron chi connectivity index (χ3n) is 4.91. The van der Waals surface area contributed by atoms with Gasteiger partial charge in [-0.05, 0) is 50.1 Å². The molecule has 0 radical (unpaired) electrons. The lowest BCUT2D eigenvalue weighted by Crippen LogP contribution is -2.48. The highest BCUT2D eigenvalue weighted by Gasteiger charge is 2.30. The van der Waals surface area contributed by atoms with Gasteiger partial charge in [-0.2, -0.15) is 0 Å². The predicted molar refractivity (Wildman–Crippen MR) is 119 cm³/mol. The van der Waals surface area contributed by atoms with Gasteiger partial charge in [-0.1, -0.05) is 30.7 Å². The van der Waals surface area contributed by atoms with Gasteiger partial charge in [0.2, 0.25) is 15.9 Å². The number of ether oxygens (including phenoxy) is 2. The fourth-order valence-electron chi connectivity index (χ4n) is 3.28. The summed E-state index contributed by atoms with van der Waals surface area (Å²) in [6, 6.07) is 11.3. The number of methoxy groups -OCH3 is 2. The summed E-state index contributed by atoms with van der Waals surface area (Å²) in [7, 11) is -0.557. The molecule has 0 aliphatic carbocycles. The number of aryl methyl sites for hydroxylation is 1. The molecule has 0 heterocycles. The molecule has 2 rings (SSSR count). The zero-order chi connectivity index (χ0) is 22.5. The summed E-state index contributed by atoms with van der Waals surface area (Å²) >= 11 is 0. The number of amides is 1. The van der Waals surface area contributed by atoms with Gasteiger partial charge in [0.25, 0.3) is 0 Å². The Kier molecular flexibility index (Phi) is 7.72. The second kappa shape index (κ2) is 9.84. The summed E-state index contributed by atoms with van der Waals surface area (Å²) in [6.07, 6.45) is 1.72. The summed E-state index contributed by atoms with van der Waals surface area (Å²) in [5.41, 5.74) is 2.30. The van der Waals surface area contributed by atoms with E-state index in [1.54, 1.807) is 39.3 Å². The standard InChI is InChI=1S/C22H30N2O5S/c1-7-19(17-10-13-20(28-4)21(14-17)29-5)23-22(25)16(3)24(30(6,26)27)18-11-8-15(2)9-12-18/h8-14,16,19H,7H2,1-6H3,(H,23,25)/t16-,19-/m0/s1. The number of anilines is 1. The van der Waals surface area contributed by atoms with Crippen molar-refractivity contribution in [2.24, 2.45) is 0 Å². The second-order valence-electron chi connectivity index (χ2n) is 7.15. The summed E-state index contributed by atoms with van der Waals surface area (Å²) in [5, 5.41) is 2.96. The molecule has 1 amide bonds. The first-order chi connectivity index (χ1) is 14.1. The van der Waals surface area contributed by atoms with Gasteiger partial charge in [-0.15, -0.1) is 0 Å².